The SMILES string of the molecule is CN(C)c1nc(C(C)(C)C)c(CS)s1. The summed E-state index contributed by atoms with van der Waals surface area (Å²) >= 11 is 6.08. The quantitative estimate of drug-likeness (QED) is 0.786. The average molecular weight is 230 g/mol. The molecule has 1 aromatic rings. The first-order valence-corrected chi connectivity index (χ1v) is 6.09. The van der Waals surface area contributed by atoms with Crippen molar-refractivity contribution in [2.24, 2.45) is 0 Å². The lowest BCUT2D eigenvalue weighted by molar-refractivity contribution is 0.569. The molecule has 14 heavy (non-hydrogen) atoms. The predicted molar refractivity (Wildman–Crippen MR) is 67.8 cm³/mol. The van der Waals surface area contributed by atoms with E-state index >= 15 is 0 Å². The summed E-state index contributed by atoms with van der Waals surface area (Å²) in [5, 5.41) is 1.07. The Kier molecular flexibility index (Phi) is 3.48. The molecule has 0 unspecified atom stereocenters. The second kappa shape index (κ2) is 4.11. The molecule has 0 radical (unpaired) electrons. The highest BCUT2D eigenvalue weighted by Gasteiger charge is 2.22. The summed E-state index contributed by atoms with van der Waals surface area (Å²) < 4.78 is 0. The van der Waals surface area contributed by atoms with Crippen LogP contribution in [0.3, 0.4) is 0 Å². The lowest BCUT2D eigenvalue weighted by atomic mass is 9.92. The molecule has 4 heteroatoms. The maximum atomic E-state index is 4.65. The number of thiazole rings is 1. The highest BCUT2D eigenvalue weighted by Crippen LogP contribution is 2.33. The van der Waals surface area contributed by atoms with Crippen molar-refractivity contribution < 1.29 is 0 Å². The Labute approximate surface area is 95.8 Å². The highest BCUT2D eigenvalue weighted by molar-refractivity contribution is 7.79. The van der Waals surface area contributed by atoms with Crippen LogP contribution in [0.2, 0.25) is 0 Å². The molecule has 2 nitrogen and oxygen atoms in total. The lowest BCUT2D eigenvalue weighted by Gasteiger charge is -2.17. The predicted octanol–water partition coefficient (Wildman–Crippen LogP) is 2.94. The third kappa shape index (κ3) is 2.42. The second-order valence-electron chi connectivity index (χ2n) is 4.57. The number of aromatic nitrogens is 1. The second-order valence-corrected chi connectivity index (χ2v) is 5.95. The van der Waals surface area contributed by atoms with Gasteiger partial charge in [-0.3, -0.25) is 0 Å². The Morgan fingerprint density at radius 1 is 1.36 bits per heavy atom. The first-order valence-electron chi connectivity index (χ1n) is 4.64. The zero-order valence-corrected chi connectivity index (χ0v) is 11.2. The molecule has 0 atom stereocenters. The van der Waals surface area contributed by atoms with Gasteiger partial charge in [-0.15, -0.1) is 11.3 Å². The summed E-state index contributed by atoms with van der Waals surface area (Å²) in [4.78, 5) is 7.98. The fourth-order valence-electron chi connectivity index (χ4n) is 1.22. The summed E-state index contributed by atoms with van der Waals surface area (Å²) in [6.45, 7) is 6.57. The topological polar surface area (TPSA) is 16.1 Å². The molecular weight excluding hydrogens is 212 g/mol. The minimum atomic E-state index is 0.114. The summed E-state index contributed by atoms with van der Waals surface area (Å²) in [5.74, 6) is 0.776. The number of nitrogens with zero attached hydrogens (tertiary/aromatic N) is 2. The molecule has 80 valence electrons. The normalized spacial score (nSPS) is 11.9. The van der Waals surface area contributed by atoms with Crippen molar-refractivity contribution in [3.8, 4) is 0 Å². The van der Waals surface area contributed by atoms with E-state index in [9.17, 15) is 0 Å². The van der Waals surface area contributed by atoms with Gasteiger partial charge in [0.25, 0.3) is 0 Å². The largest absolute Gasteiger partial charge is 0.354 e. The molecule has 0 N–H and O–H groups in total. The van der Waals surface area contributed by atoms with Gasteiger partial charge in [-0.25, -0.2) is 4.98 Å². The molecule has 0 amide bonds. The molecule has 0 aliphatic heterocycles. The molecule has 1 heterocycles. The molecule has 0 spiro atoms. The Morgan fingerprint density at radius 2 is 1.93 bits per heavy atom. The van der Waals surface area contributed by atoms with Gasteiger partial charge >= 0.3 is 0 Å². The molecule has 0 aliphatic rings. The fourth-order valence-corrected chi connectivity index (χ4v) is 2.62. The van der Waals surface area contributed by atoms with E-state index < -0.39 is 0 Å². The Hall–Kier alpha value is -0.220. The van der Waals surface area contributed by atoms with E-state index in [0.29, 0.717) is 0 Å². The number of thiol groups is 1. The van der Waals surface area contributed by atoms with E-state index in [-0.39, 0.29) is 5.41 Å². The van der Waals surface area contributed by atoms with Gasteiger partial charge in [0.15, 0.2) is 5.13 Å². The molecule has 0 saturated heterocycles. The maximum Gasteiger partial charge on any atom is 0.185 e. The highest BCUT2D eigenvalue weighted by atomic mass is 32.1. The first kappa shape index (κ1) is 11.9. The van der Waals surface area contributed by atoms with Crippen LogP contribution >= 0.6 is 24.0 Å². The molecule has 0 saturated carbocycles. The number of hydrogen-bond donors (Lipinski definition) is 1. The Bertz CT molecular complexity index is 310. The van der Waals surface area contributed by atoms with Crippen molar-refractivity contribution >= 4 is 29.1 Å². The number of rotatable bonds is 2. The summed E-state index contributed by atoms with van der Waals surface area (Å²) in [7, 11) is 4.04. The van der Waals surface area contributed by atoms with Gasteiger partial charge in [0.2, 0.25) is 0 Å². The van der Waals surface area contributed by atoms with Crippen molar-refractivity contribution in [3.05, 3.63) is 10.6 Å². The molecule has 0 fully saturated rings. The van der Waals surface area contributed by atoms with E-state index in [1.54, 1.807) is 11.3 Å². The van der Waals surface area contributed by atoms with Crippen molar-refractivity contribution in [3.63, 3.8) is 0 Å². The van der Waals surface area contributed by atoms with E-state index in [2.05, 4.69) is 38.4 Å². The summed E-state index contributed by atoms with van der Waals surface area (Å²) in [6.07, 6.45) is 0. The molecule has 0 aliphatic carbocycles. The zero-order valence-electron chi connectivity index (χ0n) is 9.46. The van der Waals surface area contributed by atoms with Gasteiger partial charge in [-0.05, 0) is 0 Å². The van der Waals surface area contributed by atoms with Crippen molar-refractivity contribution in [1.29, 1.82) is 0 Å². The maximum absolute atomic E-state index is 4.65. The Morgan fingerprint density at radius 3 is 2.21 bits per heavy atom. The van der Waals surface area contributed by atoms with Crippen LogP contribution in [0.15, 0.2) is 0 Å². The van der Waals surface area contributed by atoms with Crippen molar-refractivity contribution in [1.82, 2.24) is 4.98 Å². The van der Waals surface area contributed by atoms with E-state index in [4.69, 9.17) is 0 Å². The van der Waals surface area contributed by atoms with Crippen LogP contribution in [0.4, 0.5) is 5.13 Å². The van der Waals surface area contributed by atoms with Crippen LogP contribution in [0.5, 0.6) is 0 Å². The van der Waals surface area contributed by atoms with Crippen LogP contribution in [0, 0.1) is 0 Å². The standard InChI is InChI=1S/C10H18N2S2/c1-10(2,3)8-7(6-13)14-9(11-8)12(4)5/h13H,6H2,1-5H3. The van der Waals surface area contributed by atoms with Crippen molar-refractivity contribution in [2.75, 3.05) is 19.0 Å². The molecular formula is C10H18N2S2. The van der Waals surface area contributed by atoms with Gasteiger partial charge in [0, 0.05) is 30.1 Å². The third-order valence-electron chi connectivity index (χ3n) is 1.92. The fraction of sp³-hybridized carbons (Fsp3) is 0.700. The summed E-state index contributed by atoms with van der Waals surface area (Å²) in [6, 6.07) is 0. The van der Waals surface area contributed by atoms with Gasteiger partial charge in [0.05, 0.1) is 5.69 Å². The van der Waals surface area contributed by atoms with Crippen LogP contribution in [-0.2, 0) is 11.2 Å². The molecule has 0 aromatic carbocycles. The van der Waals surface area contributed by atoms with Gasteiger partial charge < -0.3 is 4.90 Å². The van der Waals surface area contributed by atoms with E-state index in [0.717, 1.165) is 10.9 Å². The van der Waals surface area contributed by atoms with Crippen molar-refractivity contribution in [2.45, 2.75) is 31.9 Å². The monoisotopic (exact) mass is 230 g/mol. The minimum Gasteiger partial charge on any atom is -0.354 e. The van der Waals surface area contributed by atoms with Crippen LogP contribution in [0.25, 0.3) is 0 Å². The first-order chi connectivity index (χ1) is 6.36. The number of hydrogen-bond acceptors (Lipinski definition) is 4. The number of anilines is 1. The average Bonchev–Trinajstić information content (AvgIpc) is 2.46. The van der Waals surface area contributed by atoms with Gasteiger partial charge in [-0.2, -0.15) is 12.6 Å². The smallest absolute Gasteiger partial charge is 0.185 e. The van der Waals surface area contributed by atoms with Gasteiger partial charge in [0.1, 0.15) is 0 Å². The molecule has 0 bridgehead atoms. The molecule has 1 rings (SSSR count). The van der Waals surface area contributed by atoms with Crippen LogP contribution < -0.4 is 4.90 Å². The van der Waals surface area contributed by atoms with E-state index in [1.165, 1.54) is 10.6 Å². The Balaban J connectivity index is 3.16. The molecule has 1 aromatic heterocycles. The lowest BCUT2D eigenvalue weighted by Crippen LogP contribution is -2.15. The zero-order chi connectivity index (χ0) is 10.9. The third-order valence-corrected chi connectivity index (χ3v) is 3.68. The summed E-state index contributed by atoms with van der Waals surface area (Å²) in [5.41, 5.74) is 1.30. The minimum absolute atomic E-state index is 0.114. The van der Waals surface area contributed by atoms with E-state index in [1.807, 2.05) is 19.0 Å². The van der Waals surface area contributed by atoms with Crippen LogP contribution in [-0.4, -0.2) is 19.1 Å². The van der Waals surface area contributed by atoms with Crippen LogP contribution in [0.1, 0.15) is 31.3 Å². The van der Waals surface area contributed by atoms with Gasteiger partial charge in [-0.1, -0.05) is 20.8 Å².